The van der Waals surface area contributed by atoms with Gasteiger partial charge in [-0.15, -0.1) is 0 Å². The Kier molecular flexibility index (Phi) is 3.81. The van der Waals surface area contributed by atoms with Crippen molar-refractivity contribution in [2.24, 2.45) is 0 Å². The predicted octanol–water partition coefficient (Wildman–Crippen LogP) is 3.86. The Morgan fingerprint density at radius 2 is 1.00 bits per heavy atom. The molecule has 0 unspecified atom stereocenters. The van der Waals surface area contributed by atoms with Crippen molar-refractivity contribution in [3.8, 4) is 23.0 Å². The van der Waals surface area contributed by atoms with Gasteiger partial charge in [-0.25, -0.2) is 0 Å². The van der Waals surface area contributed by atoms with Gasteiger partial charge in [-0.1, -0.05) is 30.3 Å². The van der Waals surface area contributed by atoms with E-state index in [1.165, 1.54) is 12.1 Å². The minimum atomic E-state index is -0.737. The maximum absolute atomic E-state index is 10.4. The highest BCUT2D eigenvalue weighted by Gasteiger charge is 2.33. The van der Waals surface area contributed by atoms with E-state index in [0.29, 0.717) is 5.56 Å². The first-order chi connectivity index (χ1) is 11.4. The monoisotopic (exact) mass is 322 g/mol. The molecule has 0 aliphatic heterocycles. The SMILES string of the molecule is CC(c1ccc(O)cc1)(c1ccc(O)cc1)c1ccc(O)cc1O. The molecule has 0 aliphatic rings. The molecule has 3 aromatic carbocycles. The predicted molar refractivity (Wildman–Crippen MR) is 91.5 cm³/mol. The van der Waals surface area contributed by atoms with Gasteiger partial charge in [0.05, 0.1) is 0 Å². The summed E-state index contributed by atoms with van der Waals surface area (Å²) < 4.78 is 0. The Hall–Kier alpha value is -3.14. The van der Waals surface area contributed by atoms with Gasteiger partial charge in [0.2, 0.25) is 0 Å². The van der Waals surface area contributed by atoms with Crippen LogP contribution in [-0.4, -0.2) is 20.4 Å². The summed E-state index contributed by atoms with van der Waals surface area (Å²) in [5, 5.41) is 39.1. The third-order valence-electron chi connectivity index (χ3n) is 4.41. The number of hydrogen-bond donors (Lipinski definition) is 4. The number of hydrogen-bond acceptors (Lipinski definition) is 4. The standard InChI is InChI=1S/C20H18O4/c1-20(13-2-6-15(21)7-3-13,14-4-8-16(22)9-5-14)18-11-10-17(23)12-19(18)24/h2-12,21-24H,1H3. The molecule has 0 saturated heterocycles. The van der Waals surface area contributed by atoms with Crippen LogP contribution in [0.1, 0.15) is 23.6 Å². The van der Waals surface area contributed by atoms with Crippen molar-refractivity contribution >= 4 is 0 Å². The van der Waals surface area contributed by atoms with E-state index in [1.807, 2.05) is 6.92 Å². The molecule has 4 heteroatoms. The fourth-order valence-corrected chi connectivity index (χ4v) is 3.01. The van der Waals surface area contributed by atoms with Crippen molar-refractivity contribution in [1.82, 2.24) is 0 Å². The smallest absolute Gasteiger partial charge is 0.123 e. The van der Waals surface area contributed by atoms with E-state index >= 15 is 0 Å². The average Bonchev–Trinajstić information content (AvgIpc) is 2.55. The molecule has 0 radical (unpaired) electrons. The minimum Gasteiger partial charge on any atom is -0.508 e. The summed E-state index contributed by atoms with van der Waals surface area (Å²) in [6.45, 7) is 1.94. The zero-order valence-electron chi connectivity index (χ0n) is 13.1. The fourth-order valence-electron chi connectivity index (χ4n) is 3.01. The average molecular weight is 322 g/mol. The Balaban J connectivity index is 2.27. The minimum absolute atomic E-state index is 0.0185. The van der Waals surface area contributed by atoms with Crippen LogP contribution in [0.25, 0.3) is 0 Å². The van der Waals surface area contributed by atoms with Gasteiger partial charge >= 0.3 is 0 Å². The van der Waals surface area contributed by atoms with Crippen LogP contribution in [0, 0.1) is 0 Å². The van der Waals surface area contributed by atoms with E-state index in [1.54, 1.807) is 54.6 Å². The summed E-state index contributed by atoms with van der Waals surface area (Å²) in [5.74, 6) is 0.261. The van der Waals surface area contributed by atoms with Crippen LogP contribution in [0.2, 0.25) is 0 Å². The molecular weight excluding hydrogens is 304 g/mol. The molecule has 0 amide bonds. The topological polar surface area (TPSA) is 80.9 Å². The van der Waals surface area contributed by atoms with Crippen LogP contribution < -0.4 is 0 Å². The lowest BCUT2D eigenvalue weighted by molar-refractivity contribution is 0.439. The Morgan fingerprint density at radius 3 is 1.42 bits per heavy atom. The van der Waals surface area contributed by atoms with E-state index in [0.717, 1.165) is 11.1 Å². The molecule has 0 spiro atoms. The van der Waals surface area contributed by atoms with Gasteiger partial charge in [0.15, 0.2) is 0 Å². The van der Waals surface area contributed by atoms with Crippen molar-refractivity contribution < 1.29 is 20.4 Å². The number of phenolic OH excluding ortho intramolecular Hbond substituents is 4. The van der Waals surface area contributed by atoms with Crippen molar-refractivity contribution in [3.63, 3.8) is 0 Å². The molecule has 3 aromatic rings. The van der Waals surface area contributed by atoms with Crippen molar-refractivity contribution in [3.05, 3.63) is 83.4 Å². The lowest BCUT2D eigenvalue weighted by Gasteiger charge is -2.32. The summed E-state index contributed by atoms with van der Waals surface area (Å²) >= 11 is 0. The van der Waals surface area contributed by atoms with Gasteiger partial charge in [0, 0.05) is 17.0 Å². The zero-order chi connectivity index (χ0) is 17.3. The second-order valence-electron chi connectivity index (χ2n) is 5.92. The lowest BCUT2D eigenvalue weighted by atomic mass is 9.70. The third-order valence-corrected chi connectivity index (χ3v) is 4.41. The summed E-state index contributed by atoms with van der Waals surface area (Å²) in [5.41, 5.74) is 1.58. The van der Waals surface area contributed by atoms with Crippen LogP contribution in [0.15, 0.2) is 66.7 Å². The largest absolute Gasteiger partial charge is 0.508 e. The van der Waals surface area contributed by atoms with Gasteiger partial charge in [-0.3, -0.25) is 0 Å². The van der Waals surface area contributed by atoms with E-state index in [4.69, 9.17) is 0 Å². The first-order valence-corrected chi connectivity index (χ1v) is 7.53. The molecule has 0 aliphatic carbocycles. The maximum Gasteiger partial charge on any atom is 0.123 e. The summed E-state index contributed by atoms with van der Waals surface area (Å²) in [6, 6.07) is 18.0. The first kappa shape index (κ1) is 15.7. The molecule has 3 rings (SSSR count). The van der Waals surface area contributed by atoms with Crippen molar-refractivity contribution in [2.45, 2.75) is 12.3 Å². The Bertz CT molecular complexity index is 806. The third kappa shape index (κ3) is 2.63. The summed E-state index contributed by atoms with van der Waals surface area (Å²) in [7, 11) is 0. The maximum atomic E-state index is 10.4. The molecule has 0 atom stereocenters. The van der Waals surface area contributed by atoms with Gasteiger partial charge in [-0.2, -0.15) is 0 Å². The molecule has 4 N–H and O–H groups in total. The zero-order valence-corrected chi connectivity index (χ0v) is 13.1. The van der Waals surface area contributed by atoms with E-state index < -0.39 is 5.41 Å². The molecule has 0 saturated carbocycles. The van der Waals surface area contributed by atoms with Crippen molar-refractivity contribution in [2.75, 3.05) is 0 Å². The van der Waals surface area contributed by atoms with Gasteiger partial charge in [0.25, 0.3) is 0 Å². The highest BCUT2D eigenvalue weighted by molar-refractivity contribution is 5.56. The molecule has 4 nitrogen and oxygen atoms in total. The number of rotatable bonds is 3. The number of phenols is 4. The molecule has 0 fully saturated rings. The molecule has 24 heavy (non-hydrogen) atoms. The molecule has 0 heterocycles. The van der Waals surface area contributed by atoms with Crippen LogP contribution in [0.5, 0.6) is 23.0 Å². The van der Waals surface area contributed by atoms with E-state index in [-0.39, 0.29) is 23.0 Å². The summed E-state index contributed by atoms with van der Waals surface area (Å²) in [4.78, 5) is 0. The van der Waals surface area contributed by atoms with Gasteiger partial charge < -0.3 is 20.4 Å². The second kappa shape index (κ2) is 5.81. The van der Waals surface area contributed by atoms with Gasteiger partial charge in [0.1, 0.15) is 23.0 Å². The highest BCUT2D eigenvalue weighted by Crippen LogP contribution is 2.44. The normalized spacial score (nSPS) is 11.4. The molecule has 0 bridgehead atoms. The highest BCUT2D eigenvalue weighted by atomic mass is 16.3. The van der Waals surface area contributed by atoms with Crippen LogP contribution in [0.3, 0.4) is 0 Å². The number of aromatic hydroxyl groups is 4. The summed E-state index contributed by atoms with van der Waals surface area (Å²) in [6.07, 6.45) is 0. The van der Waals surface area contributed by atoms with Gasteiger partial charge in [-0.05, 0) is 48.4 Å². The second-order valence-corrected chi connectivity index (χ2v) is 5.92. The van der Waals surface area contributed by atoms with Crippen molar-refractivity contribution in [1.29, 1.82) is 0 Å². The molecule has 0 aromatic heterocycles. The van der Waals surface area contributed by atoms with E-state index in [2.05, 4.69) is 0 Å². The molecule has 122 valence electrons. The van der Waals surface area contributed by atoms with E-state index in [9.17, 15) is 20.4 Å². The Morgan fingerprint density at radius 1 is 0.583 bits per heavy atom. The number of benzene rings is 3. The fraction of sp³-hybridized carbons (Fsp3) is 0.100. The van der Waals surface area contributed by atoms with Crippen LogP contribution in [-0.2, 0) is 5.41 Å². The first-order valence-electron chi connectivity index (χ1n) is 7.53. The molecular formula is C20H18O4. The lowest BCUT2D eigenvalue weighted by Crippen LogP contribution is -2.25. The Labute approximate surface area is 139 Å². The quantitative estimate of drug-likeness (QED) is 0.552. The van der Waals surface area contributed by atoms with Crippen LogP contribution >= 0.6 is 0 Å². The van der Waals surface area contributed by atoms with Crippen LogP contribution in [0.4, 0.5) is 0 Å².